The molecular weight excluding hydrogens is 250 g/mol. The standard InChI is InChI=1S/C16H19N3O/c1-11-6-5-7-12-13(16(20)17-2)10-14(18-15(11)12)19-8-3-4-9-19/h5-7,10H,3-4,8-9H2,1-2H3,(H,17,20). The first-order valence-electron chi connectivity index (χ1n) is 7.08. The van der Waals surface area contributed by atoms with Gasteiger partial charge in [-0.3, -0.25) is 4.79 Å². The van der Waals surface area contributed by atoms with Crippen LogP contribution in [0.2, 0.25) is 0 Å². The molecule has 1 aromatic carbocycles. The quantitative estimate of drug-likeness (QED) is 0.911. The number of aryl methyl sites for hydroxylation is 1. The largest absolute Gasteiger partial charge is 0.357 e. The highest BCUT2D eigenvalue weighted by atomic mass is 16.1. The molecule has 0 bridgehead atoms. The summed E-state index contributed by atoms with van der Waals surface area (Å²) in [7, 11) is 1.67. The Labute approximate surface area is 118 Å². The molecule has 0 radical (unpaired) electrons. The minimum absolute atomic E-state index is 0.0524. The fourth-order valence-corrected chi connectivity index (χ4v) is 2.81. The highest BCUT2D eigenvalue weighted by Crippen LogP contribution is 2.27. The second-order valence-electron chi connectivity index (χ2n) is 5.27. The Morgan fingerprint density at radius 2 is 2.05 bits per heavy atom. The highest BCUT2D eigenvalue weighted by molar-refractivity contribution is 6.07. The summed E-state index contributed by atoms with van der Waals surface area (Å²) in [6.07, 6.45) is 2.39. The predicted molar refractivity (Wildman–Crippen MR) is 81.3 cm³/mol. The van der Waals surface area contributed by atoms with E-state index in [0.29, 0.717) is 5.56 Å². The Morgan fingerprint density at radius 1 is 1.30 bits per heavy atom. The summed E-state index contributed by atoms with van der Waals surface area (Å²) < 4.78 is 0. The molecule has 2 aromatic rings. The molecule has 1 N–H and O–H groups in total. The van der Waals surface area contributed by atoms with E-state index in [2.05, 4.69) is 10.2 Å². The van der Waals surface area contributed by atoms with Crippen molar-refractivity contribution in [2.45, 2.75) is 19.8 Å². The molecule has 1 fully saturated rings. The molecule has 4 heteroatoms. The van der Waals surface area contributed by atoms with Crippen LogP contribution in [0, 0.1) is 6.92 Å². The minimum Gasteiger partial charge on any atom is -0.357 e. The first-order chi connectivity index (χ1) is 9.70. The van der Waals surface area contributed by atoms with Crippen LogP contribution >= 0.6 is 0 Å². The number of hydrogen-bond acceptors (Lipinski definition) is 3. The van der Waals surface area contributed by atoms with Gasteiger partial charge in [0.2, 0.25) is 0 Å². The maximum Gasteiger partial charge on any atom is 0.251 e. The van der Waals surface area contributed by atoms with E-state index in [1.54, 1.807) is 7.05 Å². The topological polar surface area (TPSA) is 45.2 Å². The third-order valence-corrected chi connectivity index (χ3v) is 3.93. The number of pyridine rings is 1. The van der Waals surface area contributed by atoms with Crippen LogP contribution in [0.15, 0.2) is 24.3 Å². The van der Waals surface area contributed by atoms with Crippen molar-refractivity contribution in [3.63, 3.8) is 0 Å². The number of amides is 1. The van der Waals surface area contributed by atoms with Crippen LogP contribution in [0.1, 0.15) is 28.8 Å². The molecule has 4 nitrogen and oxygen atoms in total. The van der Waals surface area contributed by atoms with Crippen molar-refractivity contribution in [1.29, 1.82) is 0 Å². The molecular formula is C16H19N3O. The van der Waals surface area contributed by atoms with Gasteiger partial charge in [0, 0.05) is 25.5 Å². The average Bonchev–Trinajstić information content (AvgIpc) is 3.00. The van der Waals surface area contributed by atoms with Crippen LogP contribution in [-0.2, 0) is 0 Å². The third-order valence-electron chi connectivity index (χ3n) is 3.93. The maximum absolute atomic E-state index is 12.1. The number of anilines is 1. The number of nitrogens with one attached hydrogen (secondary N) is 1. The first-order valence-corrected chi connectivity index (χ1v) is 7.08. The predicted octanol–water partition coefficient (Wildman–Crippen LogP) is 2.50. The van der Waals surface area contributed by atoms with Crippen molar-refractivity contribution in [3.05, 3.63) is 35.4 Å². The minimum atomic E-state index is -0.0524. The van der Waals surface area contributed by atoms with Gasteiger partial charge in [-0.15, -0.1) is 0 Å². The van der Waals surface area contributed by atoms with Gasteiger partial charge in [-0.05, 0) is 31.4 Å². The Morgan fingerprint density at radius 3 is 2.75 bits per heavy atom. The number of aromatic nitrogens is 1. The molecule has 104 valence electrons. The van der Waals surface area contributed by atoms with Crippen molar-refractivity contribution in [1.82, 2.24) is 10.3 Å². The van der Waals surface area contributed by atoms with Crippen molar-refractivity contribution in [2.24, 2.45) is 0 Å². The Bertz CT molecular complexity index is 660. The van der Waals surface area contributed by atoms with Gasteiger partial charge >= 0.3 is 0 Å². The van der Waals surface area contributed by atoms with Gasteiger partial charge in [-0.25, -0.2) is 4.98 Å². The lowest BCUT2D eigenvalue weighted by Gasteiger charge is -2.19. The summed E-state index contributed by atoms with van der Waals surface area (Å²) >= 11 is 0. The highest BCUT2D eigenvalue weighted by Gasteiger charge is 2.18. The molecule has 0 atom stereocenters. The summed E-state index contributed by atoms with van der Waals surface area (Å²) in [5.41, 5.74) is 2.74. The van der Waals surface area contributed by atoms with E-state index in [1.165, 1.54) is 12.8 Å². The zero-order chi connectivity index (χ0) is 14.1. The van der Waals surface area contributed by atoms with Gasteiger partial charge in [0.1, 0.15) is 5.82 Å². The monoisotopic (exact) mass is 269 g/mol. The van der Waals surface area contributed by atoms with E-state index in [-0.39, 0.29) is 5.91 Å². The van der Waals surface area contributed by atoms with Gasteiger partial charge in [-0.1, -0.05) is 18.2 Å². The smallest absolute Gasteiger partial charge is 0.251 e. The molecule has 3 rings (SSSR count). The average molecular weight is 269 g/mol. The third kappa shape index (κ3) is 2.11. The zero-order valence-corrected chi connectivity index (χ0v) is 11.9. The molecule has 0 aliphatic carbocycles. The van der Waals surface area contributed by atoms with Gasteiger partial charge < -0.3 is 10.2 Å². The normalized spacial score (nSPS) is 14.8. The Balaban J connectivity index is 2.23. The van der Waals surface area contributed by atoms with Gasteiger partial charge in [0.05, 0.1) is 11.1 Å². The summed E-state index contributed by atoms with van der Waals surface area (Å²) in [5, 5.41) is 3.65. The van der Waals surface area contributed by atoms with Gasteiger partial charge in [-0.2, -0.15) is 0 Å². The lowest BCUT2D eigenvalue weighted by atomic mass is 10.0. The van der Waals surface area contributed by atoms with E-state index in [0.717, 1.165) is 35.4 Å². The zero-order valence-electron chi connectivity index (χ0n) is 11.9. The fourth-order valence-electron chi connectivity index (χ4n) is 2.81. The van der Waals surface area contributed by atoms with Crippen molar-refractivity contribution in [3.8, 4) is 0 Å². The van der Waals surface area contributed by atoms with Crippen LogP contribution in [0.5, 0.6) is 0 Å². The van der Waals surface area contributed by atoms with Crippen LogP contribution in [-0.4, -0.2) is 31.0 Å². The molecule has 0 spiro atoms. The lowest BCUT2D eigenvalue weighted by molar-refractivity contribution is 0.0964. The van der Waals surface area contributed by atoms with Crippen LogP contribution in [0.3, 0.4) is 0 Å². The van der Waals surface area contributed by atoms with Crippen LogP contribution < -0.4 is 10.2 Å². The van der Waals surface area contributed by atoms with Crippen molar-refractivity contribution in [2.75, 3.05) is 25.0 Å². The number of carbonyl (C=O) groups excluding carboxylic acids is 1. The van der Waals surface area contributed by atoms with E-state index in [4.69, 9.17) is 4.98 Å². The SMILES string of the molecule is CNC(=O)c1cc(N2CCCC2)nc2c(C)cccc12. The Hall–Kier alpha value is -2.10. The molecule has 1 aliphatic heterocycles. The lowest BCUT2D eigenvalue weighted by Crippen LogP contribution is -2.22. The van der Waals surface area contributed by atoms with Crippen molar-refractivity contribution < 1.29 is 4.79 Å². The molecule has 1 amide bonds. The number of hydrogen-bond donors (Lipinski definition) is 1. The Kier molecular flexibility index (Phi) is 3.30. The fraction of sp³-hybridized carbons (Fsp3) is 0.375. The maximum atomic E-state index is 12.1. The molecule has 0 saturated carbocycles. The van der Waals surface area contributed by atoms with Crippen LogP contribution in [0.4, 0.5) is 5.82 Å². The second-order valence-corrected chi connectivity index (χ2v) is 5.27. The summed E-state index contributed by atoms with van der Waals surface area (Å²) in [5.74, 6) is 0.867. The second kappa shape index (κ2) is 5.12. The molecule has 0 unspecified atom stereocenters. The van der Waals surface area contributed by atoms with E-state index >= 15 is 0 Å². The van der Waals surface area contributed by atoms with Gasteiger partial charge in [0.15, 0.2) is 0 Å². The number of nitrogens with zero attached hydrogens (tertiary/aromatic N) is 2. The van der Waals surface area contributed by atoms with E-state index in [1.807, 2.05) is 31.2 Å². The van der Waals surface area contributed by atoms with E-state index in [9.17, 15) is 4.79 Å². The molecule has 2 heterocycles. The molecule has 1 saturated heterocycles. The summed E-state index contributed by atoms with van der Waals surface area (Å²) in [6, 6.07) is 7.90. The van der Waals surface area contributed by atoms with Gasteiger partial charge in [0.25, 0.3) is 5.91 Å². The first kappa shape index (κ1) is 12.9. The van der Waals surface area contributed by atoms with E-state index < -0.39 is 0 Å². The van der Waals surface area contributed by atoms with Crippen molar-refractivity contribution >= 4 is 22.6 Å². The summed E-state index contributed by atoms with van der Waals surface area (Å²) in [6.45, 7) is 4.09. The molecule has 1 aliphatic rings. The number of para-hydroxylation sites is 1. The number of fused-ring (bicyclic) bond motifs is 1. The number of carbonyl (C=O) groups is 1. The molecule has 1 aromatic heterocycles. The van der Waals surface area contributed by atoms with Crippen LogP contribution in [0.25, 0.3) is 10.9 Å². The molecule has 20 heavy (non-hydrogen) atoms. The summed E-state index contributed by atoms with van der Waals surface area (Å²) in [4.78, 5) is 19.2. The number of benzene rings is 1. The number of rotatable bonds is 2.